The summed E-state index contributed by atoms with van der Waals surface area (Å²) in [7, 11) is 1.94. The quantitative estimate of drug-likeness (QED) is 0.878. The summed E-state index contributed by atoms with van der Waals surface area (Å²) < 4.78 is 1.26. The Labute approximate surface area is 138 Å². The number of thiophene rings is 1. The Bertz CT molecular complexity index is 781. The van der Waals surface area contributed by atoms with E-state index in [4.69, 9.17) is 0 Å². The van der Waals surface area contributed by atoms with Crippen molar-refractivity contribution >= 4 is 33.4 Å². The molecular formula is C17H19N3O2S. The number of benzene rings is 1. The van der Waals surface area contributed by atoms with Gasteiger partial charge in [-0.15, -0.1) is 11.3 Å². The maximum Gasteiger partial charge on any atom is 0.326 e. The zero-order valence-electron chi connectivity index (χ0n) is 13.0. The van der Waals surface area contributed by atoms with Crippen molar-refractivity contribution in [3.05, 3.63) is 35.2 Å². The number of amides is 3. The van der Waals surface area contributed by atoms with Crippen LogP contribution in [-0.2, 0) is 11.3 Å². The van der Waals surface area contributed by atoms with E-state index in [2.05, 4.69) is 22.8 Å². The first-order chi connectivity index (χ1) is 11.1. The second-order valence-electron chi connectivity index (χ2n) is 6.51. The highest BCUT2D eigenvalue weighted by Gasteiger charge is 2.54. The van der Waals surface area contributed by atoms with Gasteiger partial charge in [-0.2, -0.15) is 0 Å². The van der Waals surface area contributed by atoms with Crippen molar-refractivity contribution in [3.8, 4) is 0 Å². The van der Waals surface area contributed by atoms with Gasteiger partial charge < -0.3 is 5.32 Å². The van der Waals surface area contributed by atoms with E-state index >= 15 is 0 Å². The van der Waals surface area contributed by atoms with Gasteiger partial charge in [0.05, 0.1) is 6.67 Å². The molecule has 1 spiro atoms. The highest BCUT2D eigenvalue weighted by Crippen LogP contribution is 2.37. The normalized spacial score (nSPS) is 19.7. The van der Waals surface area contributed by atoms with E-state index in [1.165, 1.54) is 20.5 Å². The Morgan fingerprint density at radius 3 is 2.78 bits per heavy atom. The summed E-state index contributed by atoms with van der Waals surface area (Å²) in [4.78, 5) is 28.0. The molecule has 0 unspecified atom stereocenters. The molecule has 2 aliphatic rings. The molecule has 2 fully saturated rings. The summed E-state index contributed by atoms with van der Waals surface area (Å²) >= 11 is 1.73. The highest BCUT2D eigenvalue weighted by atomic mass is 32.1. The van der Waals surface area contributed by atoms with Crippen LogP contribution in [-0.4, -0.2) is 41.0 Å². The smallest absolute Gasteiger partial charge is 0.323 e. The van der Waals surface area contributed by atoms with E-state index < -0.39 is 5.54 Å². The zero-order valence-corrected chi connectivity index (χ0v) is 13.9. The van der Waals surface area contributed by atoms with Crippen molar-refractivity contribution < 1.29 is 9.59 Å². The SMILES string of the molecule is CN(Cc1csc2ccccc12)CN1C(=O)NC2(CCC2)C1=O. The number of nitrogens with zero attached hydrogens (tertiary/aromatic N) is 2. The molecule has 0 atom stereocenters. The molecule has 1 aliphatic heterocycles. The maximum atomic E-state index is 12.5. The van der Waals surface area contributed by atoms with Crippen LogP contribution in [0.4, 0.5) is 4.79 Å². The lowest BCUT2D eigenvalue weighted by Gasteiger charge is -2.35. The number of carbonyl (C=O) groups excluding carboxylic acids is 2. The fourth-order valence-electron chi connectivity index (χ4n) is 3.41. The van der Waals surface area contributed by atoms with Gasteiger partial charge in [-0.05, 0) is 48.7 Å². The molecule has 3 amide bonds. The molecule has 2 heterocycles. The van der Waals surface area contributed by atoms with Gasteiger partial charge in [0.2, 0.25) is 0 Å². The fourth-order valence-corrected chi connectivity index (χ4v) is 4.37. The average Bonchev–Trinajstić information content (AvgIpc) is 3.01. The fraction of sp³-hybridized carbons (Fsp3) is 0.412. The Morgan fingerprint density at radius 2 is 2.09 bits per heavy atom. The van der Waals surface area contributed by atoms with Crippen molar-refractivity contribution in [2.75, 3.05) is 13.7 Å². The Morgan fingerprint density at radius 1 is 1.30 bits per heavy atom. The largest absolute Gasteiger partial charge is 0.326 e. The molecule has 1 saturated heterocycles. The van der Waals surface area contributed by atoms with Gasteiger partial charge in [0.25, 0.3) is 5.91 Å². The van der Waals surface area contributed by atoms with Crippen LogP contribution >= 0.6 is 11.3 Å². The van der Waals surface area contributed by atoms with Crippen molar-refractivity contribution in [3.63, 3.8) is 0 Å². The molecule has 5 nitrogen and oxygen atoms in total. The molecule has 1 aromatic carbocycles. The van der Waals surface area contributed by atoms with Crippen molar-refractivity contribution in [1.82, 2.24) is 15.1 Å². The van der Waals surface area contributed by atoms with E-state index in [-0.39, 0.29) is 11.9 Å². The van der Waals surface area contributed by atoms with Gasteiger partial charge >= 0.3 is 6.03 Å². The van der Waals surface area contributed by atoms with Gasteiger partial charge in [-0.1, -0.05) is 18.2 Å². The lowest BCUT2D eigenvalue weighted by molar-refractivity contribution is -0.135. The third-order valence-electron chi connectivity index (χ3n) is 4.84. The van der Waals surface area contributed by atoms with E-state index in [9.17, 15) is 9.59 Å². The topological polar surface area (TPSA) is 52.6 Å². The van der Waals surface area contributed by atoms with Crippen molar-refractivity contribution in [2.24, 2.45) is 0 Å². The van der Waals surface area contributed by atoms with Gasteiger partial charge in [0.15, 0.2) is 0 Å². The van der Waals surface area contributed by atoms with E-state index in [0.29, 0.717) is 13.2 Å². The van der Waals surface area contributed by atoms with Crippen LogP contribution in [0.15, 0.2) is 29.6 Å². The number of imide groups is 1. The van der Waals surface area contributed by atoms with Crippen LogP contribution in [0.2, 0.25) is 0 Å². The molecule has 2 aromatic rings. The number of hydrogen-bond acceptors (Lipinski definition) is 4. The number of carbonyl (C=O) groups is 2. The maximum absolute atomic E-state index is 12.5. The van der Waals surface area contributed by atoms with Crippen LogP contribution in [0.5, 0.6) is 0 Å². The second kappa shape index (κ2) is 5.32. The first-order valence-electron chi connectivity index (χ1n) is 7.87. The Hall–Kier alpha value is -1.92. The molecule has 4 rings (SSSR count). The summed E-state index contributed by atoms with van der Waals surface area (Å²) in [6.07, 6.45) is 2.55. The predicted octanol–water partition coefficient (Wildman–Crippen LogP) is 2.77. The molecule has 6 heteroatoms. The molecule has 23 heavy (non-hydrogen) atoms. The summed E-state index contributed by atoms with van der Waals surface area (Å²) in [5.74, 6) is -0.0595. The van der Waals surface area contributed by atoms with Gasteiger partial charge in [0.1, 0.15) is 5.54 Å². The minimum atomic E-state index is -0.590. The van der Waals surface area contributed by atoms with Crippen molar-refractivity contribution in [1.29, 1.82) is 0 Å². The summed E-state index contributed by atoms with van der Waals surface area (Å²) in [6, 6.07) is 8.05. The summed E-state index contributed by atoms with van der Waals surface area (Å²) in [5.41, 5.74) is 0.644. The van der Waals surface area contributed by atoms with Crippen LogP contribution in [0.1, 0.15) is 24.8 Å². The van der Waals surface area contributed by atoms with Crippen LogP contribution in [0, 0.1) is 0 Å². The minimum Gasteiger partial charge on any atom is -0.323 e. The summed E-state index contributed by atoms with van der Waals surface area (Å²) in [6.45, 7) is 1.05. The lowest BCUT2D eigenvalue weighted by Crippen LogP contribution is -2.53. The molecular weight excluding hydrogens is 310 g/mol. The van der Waals surface area contributed by atoms with Crippen LogP contribution < -0.4 is 5.32 Å². The standard InChI is InChI=1S/C17H19N3O2S/c1-19(9-12-10-23-14-6-3-2-5-13(12)14)11-20-15(21)17(7-4-8-17)18-16(20)22/h2-3,5-6,10H,4,7-9,11H2,1H3,(H,18,22). The van der Waals surface area contributed by atoms with Crippen LogP contribution in [0.25, 0.3) is 10.1 Å². The molecule has 120 valence electrons. The second-order valence-corrected chi connectivity index (χ2v) is 7.42. The number of fused-ring (bicyclic) bond motifs is 1. The zero-order chi connectivity index (χ0) is 16.0. The van der Waals surface area contributed by atoms with E-state index in [0.717, 1.165) is 19.3 Å². The lowest BCUT2D eigenvalue weighted by atomic mass is 9.77. The number of hydrogen-bond donors (Lipinski definition) is 1. The Balaban J connectivity index is 1.47. The number of urea groups is 1. The molecule has 1 aromatic heterocycles. The number of nitrogens with one attached hydrogen (secondary N) is 1. The predicted molar refractivity (Wildman–Crippen MR) is 90.1 cm³/mol. The molecule has 0 bridgehead atoms. The first kappa shape index (κ1) is 14.7. The van der Waals surface area contributed by atoms with E-state index in [1.54, 1.807) is 11.3 Å². The van der Waals surface area contributed by atoms with Gasteiger partial charge in [-0.25, -0.2) is 9.69 Å². The third-order valence-corrected chi connectivity index (χ3v) is 5.85. The Kier molecular flexibility index (Phi) is 3.39. The molecule has 0 radical (unpaired) electrons. The van der Waals surface area contributed by atoms with Crippen LogP contribution in [0.3, 0.4) is 0 Å². The van der Waals surface area contributed by atoms with E-state index in [1.807, 2.05) is 24.1 Å². The van der Waals surface area contributed by atoms with Crippen molar-refractivity contribution in [2.45, 2.75) is 31.3 Å². The molecule has 1 N–H and O–H groups in total. The first-order valence-corrected chi connectivity index (χ1v) is 8.75. The molecule has 1 saturated carbocycles. The number of rotatable bonds is 4. The minimum absolute atomic E-state index is 0.0595. The van der Waals surface area contributed by atoms with Gasteiger partial charge in [0, 0.05) is 11.2 Å². The summed E-state index contributed by atoms with van der Waals surface area (Å²) in [5, 5.41) is 6.27. The average molecular weight is 329 g/mol. The van der Waals surface area contributed by atoms with Gasteiger partial charge in [-0.3, -0.25) is 9.69 Å². The molecule has 1 aliphatic carbocycles. The monoisotopic (exact) mass is 329 g/mol. The third kappa shape index (κ3) is 2.33. The highest BCUT2D eigenvalue weighted by molar-refractivity contribution is 7.17.